The standard InChI is InChI=1S/C12H25N3O2/c1-13(2)9-10-15-7-5-12(6-8-15,11(16)17)14(3)4/h5-10H2,1-4H3,(H,16,17). The van der Waals surface area contributed by atoms with E-state index in [1.54, 1.807) is 0 Å². The minimum absolute atomic E-state index is 0.658. The van der Waals surface area contributed by atoms with Gasteiger partial charge in [0.05, 0.1) is 0 Å². The molecular formula is C12H25N3O2. The summed E-state index contributed by atoms with van der Waals surface area (Å²) in [6, 6.07) is 0. The molecule has 1 aliphatic heterocycles. The second kappa shape index (κ2) is 5.80. The first-order valence-electron chi connectivity index (χ1n) is 6.16. The number of hydrogen-bond donors (Lipinski definition) is 1. The molecule has 0 saturated carbocycles. The van der Waals surface area contributed by atoms with Crippen molar-refractivity contribution < 1.29 is 9.90 Å². The maximum absolute atomic E-state index is 11.4. The zero-order valence-electron chi connectivity index (χ0n) is 11.4. The average Bonchev–Trinajstić information content (AvgIpc) is 2.26. The van der Waals surface area contributed by atoms with Crippen LogP contribution in [-0.2, 0) is 4.79 Å². The van der Waals surface area contributed by atoms with Crippen molar-refractivity contribution in [3.63, 3.8) is 0 Å². The summed E-state index contributed by atoms with van der Waals surface area (Å²) in [4.78, 5) is 17.8. The van der Waals surface area contributed by atoms with E-state index in [-0.39, 0.29) is 0 Å². The van der Waals surface area contributed by atoms with Gasteiger partial charge in [0.1, 0.15) is 5.54 Å². The molecule has 0 bridgehead atoms. The predicted octanol–water partition coefficient (Wildman–Crippen LogP) is 0.0288. The van der Waals surface area contributed by atoms with E-state index in [1.165, 1.54) is 0 Å². The molecule has 1 heterocycles. The minimum Gasteiger partial charge on any atom is -0.480 e. The Morgan fingerprint density at radius 1 is 1.24 bits per heavy atom. The highest BCUT2D eigenvalue weighted by Crippen LogP contribution is 2.27. The van der Waals surface area contributed by atoms with Gasteiger partial charge < -0.3 is 14.9 Å². The molecule has 0 amide bonds. The predicted molar refractivity (Wildman–Crippen MR) is 68.3 cm³/mol. The third-order valence-electron chi connectivity index (χ3n) is 3.80. The van der Waals surface area contributed by atoms with Gasteiger partial charge in [-0.05, 0) is 41.0 Å². The summed E-state index contributed by atoms with van der Waals surface area (Å²) in [5, 5.41) is 9.40. The van der Waals surface area contributed by atoms with Crippen LogP contribution in [0.4, 0.5) is 0 Å². The van der Waals surface area contributed by atoms with Crippen molar-refractivity contribution >= 4 is 5.97 Å². The SMILES string of the molecule is CN(C)CCN1CCC(C(=O)O)(N(C)C)CC1. The van der Waals surface area contributed by atoms with Crippen molar-refractivity contribution in [3.05, 3.63) is 0 Å². The Morgan fingerprint density at radius 3 is 2.12 bits per heavy atom. The third-order valence-corrected chi connectivity index (χ3v) is 3.80. The summed E-state index contributed by atoms with van der Waals surface area (Å²) in [5.74, 6) is -0.685. The molecule has 0 unspecified atom stereocenters. The second-order valence-corrected chi connectivity index (χ2v) is 5.38. The fourth-order valence-electron chi connectivity index (χ4n) is 2.34. The van der Waals surface area contributed by atoms with Gasteiger partial charge in [-0.3, -0.25) is 9.69 Å². The number of rotatable bonds is 5. The molecule has 1 aliphatic rings. The van der Waals surface area contributed by atoms with Crippen LogP contribution in [0.15, 0.2) is 0 Å². The smallest absolute Gasteiger partial charge is 0.324 e. The number of likely N-dealkylation sites (N-methyl/N-ethyl adjacent to an activating group) is 2. The van der Waals surface area contributed by atoms with Crippen molar-refractivity contribution in [1.29, 1.82) is 0 Å². The van der Waals surface area contributed by atoms with E-state index in [9.17, 15) is 9.90 Å². The van der Waals surface area contributed by atoms with Crippen LogP contribution in [0.1, 0.15) is 12.8 Å². The molecule has 17 heavy (non-hydrogen) atoms. The van der Waals surface area contributed by atoms with Crippen molar-refractivity contribution in [2.24, 2.45) is 0 Å². The van der Waals surface area contributed by atoms with Gasteiger partial charge in [0.2, 0.25) is 0 Å². The topological polar surface area (TPSA) is 47.0 Å². The lowest BCUT2D eigenvalue weighted by atomic mass is 9.86. The Morgan fingerprint density at radius 2 is 1.76 bits per heavy atom. The highest BCUT2D eigenvalue weighted by molar-refractivity contribution is 5.78. The van der Waals surface area contributed by atoms with Gasteiger partial charge in [0.15, 0.2) is 0 Å². The number of hydrogen-bond acceptors (Lipinski definition) is 4. The molecule has 0 aromatic heterocycles. The Balaban J connectivity index is 2.50. The van der Waals surface area contributed by atoms with Crippen LogP contribution in [0.2, 0.25) is 0 Å². The monoisotopic (exact) mass is 243 g/mol. The van der Waals surface area contributed by atoms with Crippen LogP contribution >= 0.6 is 0 Å². The lowest BCUT2D eigenvalue weighted by molar-refractivity contribution is -0.153. The van der Waals surface area contributed by atoms with Gasteiger partial charge in [-0.2, -0.15) is 0 Å². The van der Waals surface area contributed by atoms with Crippen molar-refractivity contribution in [2.45, 2.75) is 18.4 Å². The van der Waals surface area contributed by atoms with E-state index in [0.29, 0.717) is 12.8 Å². The number of carboxylic acids is 1. The van der Waals surface area contributed by atoms with Crippen LogP contribution in [0.25, 0.3) is 0 Å². The molecule has 0 aromatic carbocycles. The van der Waals surface area contributed by atoms with Crippen molar-refractivity contribution in [2.75, 3.05) is 54.4 Å². The molecule has 0 aromatic rings. The largest absolute Gasteiger partial charge is 0.480 e. The molecule has 0 aliphatic carbocycles. The van der Waals surface area contributed by atoms with Gasteiger partial charge in [0, 0.05) is 26.2 Å². The van der Waals surface area contributed by atoms with Crippen LogP contribution in [-0.4, -0.2) is 85.7 Å². The Hall–Kier alpha value is -0.650. The zero-order chi connectivity index (χ0) is 13.1. The van der Waals surface area contributed by atoms with Crippen LogP contribution < -0.4 is 0 Å². The Labute approximate surface area is 104 Å². The second-order valence-electron chi connectivity index (χ2n) is 5.38. The van der Waals surface area contributed by atoms with E-state index in [4.69, 9.17) is 0 Å². The van der Waals surface area contributed by atoms with E-state index in [1.807, 2.05) is 19.0 Å². The normalized spacial score (nSPS) is 21.1. The van der Waals surface area contributed by atoms with Gasteiger partial charge in [-0.25, -0.2) is 0 Å². The summed E-state index contributed by atoms with van der Waals surface area (Å²) in [6.45, 7) is 3.80. The van der Waals surface area contributed by atoms with E-state index in [0.717, 1.165) is 26.2 Å². The highest BCUT2D eigenvalue weighted by Gasteiger charge is 2.43. The minimum atomic E-state index is -0.685. The molecule has 0 radical (unpaired) electrons. The van der Waals surface area contributed by atoms with Gasteiger partial charge in [-0.15, -0.1) is 0 Å². The van der Waals surface area contributed by atoms with Gasteiger partial charge >= 0.3 is 5.97 Å². The Bertz CT molecular complexity index is 258. The number of carbonyl (C=O) groups is 1. The first kappa shape index (κ1) is 14.4. The summed E-state index contributed by atoms with van der Waals surface area (Å²) >= 11 is 0. The fourth-order valence-corrected chi connectivity index (χ4v) is 2.34. The summed E-state index contributed by atoms with van der Waals surface area (Å²) in [5.41, 5.74) is -0.658. The van der Waals surface area contributed by atoms with Gasteiger partial charge in [-0.1, -0.05) is 0 Å². The van der Waals surface area contributed by atoms with Crippen molar-refractivity contribution in [1.82, 2.24) is 14.7 Å². The third kappa shape index (κ3) is 3.40. The van der Waals surface area contributed by atoms with Crippen LogP contribution in [0.5, 0.6) is 0 Å². The van der Waals surface area contributed by atoms with E-state index in [2.05, 4.69) is 23.9 Å². The van der Waals surface area contributed by atoms with E-state index < -0.39 is 11.5 Å². The number of likely N-dealkylation sites (tertiary alicyclic amines) is 1. The number of carboxylic acid groups (broad SMARTS) is 1. The fraction of sp³-hybridized carbons (Fsp3) is 0.917. The lowest BCUT2D eigenvalue weighted by Gasteiger charge is -2.43. The number of nitrogens with zero attached hydrogens (tertiary/aromatic N) is 3. The molecule has 1 fully saturated rings. The number of piperidine rings is 1. The number of aliphatic carboxylic acids is 1. The average molecular weight is 243 g/mol. The summed E-state index contributed by atoms with van der Waals surface area (Å²) in [6.07, 6.45) is 1.42. The van der Waals surface area contributed by atoms with Crippen LogP contribution in [0.3, 0.4) is 0 Å². The maximum atomic E-state index is 11.4. The van der Waals surface area contributed by atoms with Gasteiger partial charge in [0.25, 0.3) is 0 Å². The van der Waals surface area contributed by atoms with E-state index >= 15 is 0 Å². The molecule has 1 saturated heterocycles. The molecule has 5 heteroatoms. The first-order valence-corrected chi connectivity index (χ1v) is 6.16. The zero-order valence-corrected chi connectivity index (χ0v) is 11.4. The highest BCUT2D eigenvalue weighted by atomic mass is 16.4. The molecule has 5 nitrogen and oxygen atoms in total. The maximum Gasteiger partial charge on any atom is 0.324 e. The molecule has 100 valence electrons. The quantitative estimate of drug-likeness (QED) is 0.738. The molecule has 0 atom stereocenters. The molecule has 1 rings (SSSR count). The Kier molecular flexibility index (Phi) is 4.91. The van der Waals surface area contributed by atoms with Crippen LogP contribution in [0, 0.1) is 0 Å². The molecular weight excluding hydrogens is 218 g/mol. The van der Waals surface area contributed by atoms with Crippen molar-refractivity contribution in [3.8, 4) is 0 Å². The molecule has 1 N–H and O–H groups in total. The molecule has 0 spiro atoms. The summed E-state index contributed by atoms with van der Waals surface area (Å²) in [7, 11) is 7.85. The summed E-state index contributed by atoms with van der Waals surface area (Å²) < 4.78 is 0. The first-order chi connectivity index (χ1) is 7.88. The lowest BCUT2D eigenvalue weighted by Crippen LogP contribution is -2.58.